The zero-order chi connectivity index (χ0) is 22.9. The van der Waals surface area contributed by atoms with E-state index in [0.717, 1.165) is 57.3 Å². The van der Waals surface area contributed by atoms with Crippen LogP contribution in [0, 0.1) is 24.2 Å². The number of allylic oxidation sites excluding steroid dienone is 4. The summed E-state index contributed by atoms with van der Waals surface area (Å²) in [6, 6.07) is 0. The van der Waals surface area contributed by atoms with Crippen molar-refractivity contribution in [2.24, 2.45) is 17.8 Å². The molecule has 2 N–H and O–H groups in total. The molecule has 192 valence electrons. The molecule has 2 fully saturated rings. The van der Waals surface area contributed by atoms with E-state index in [-0.39, 0.29) is 46.0 Å². The second-order valence-electron chi connectivity index (χ2n) is 10.3. The van der Waals surface area contributed by atoms with E-state index in [0.29, 0.717) is 0 Å². The van der Waals surface area contributed by atoms with Crippen LogP contribution in [0.1, 0.15) is 116 Å². The monoisotopic (exact) mass is 526 g/mol. The minimum absolute atomic E-state index is 0. The fraction of sp³-hybridized carbons (Fsp3) is 0.750. The summed E-state index contributed by atoms with van der Waals surface area (Å²) in [4.78, 5) is 20.7. The van der Waals surface area contributed by atoms with Crippen LogP contribution in [-0.4, -0.2) is 22.2 Å². The van der Waals surface area contributed by atoms with E-state index in [1.807, 2.05) is 0 Å². The van der Waals surface area contributed by atoms with Crippen LogP contribution in [0.3, 0.4) is 0 Å². The summed E-state index contributed by atoms with van der Waals surface area (Å²) in [5, 5.41) is 17.1. The molecule has 5 aliphatic carbocycles. The van der Waals surface area contributed by atoms with Crippen LogP contribution in [0.2, 0.25) is 0 Å². The summed E-state index contributed by atoms with van der Waals surface area (Å²) >= 11 is 0. The Morgan fingerprint density at radius 3 is 1.65 bits per heavy atom. The molecule has 0 aromatic heterocycles. The van der Waals surface area contributed by atoms with Crippen molar-refractivity contribution in [1.29, 1.82) is 0 Å². The molecule has 0 heterocycles. The fourth-order valence-electron chi connectivity index (χ4n) is 6.21. The normalized spacial score (nSPS) is 24.4. The van der Waals surface area contributed by atoms with Crippen molar-refractivity contribution in [1.82, 2.24) is 0 Å². The molecule has 2 saturated carbocycles. The first-order valence-electron chi connectivity index (χ1n) is 13.2. The van der Waals surface area contributed by atoms with Crippen molar-refractivity contribution in [3.05, 3.63) is 28.7 Å². The maximum absolute atomic E-state index is 10.4. The first-order valence-corrected chi connectivity index (χ1v) is 13.2. The smallest absolute Gasteiger partial charge is 0.306 e. The van der Waals surface area contributed by atoms with Crippen LogP contribution in [0.5, 0.6) is 0 Å². The molecule has 34 heavy (non-hydrogen) atoms. The van der Waals surface area contributed by atoms with E-state index in [1.54, 1.807) is 22.3 Å². The van der Waals surface area contributed by atoms with Gasteiger partial charge in [-0.25, -0.2) is 12.0 Å². The van der Waals surface area contributed by atoms with Crippen molar-refractivity contribution in [3.63, 3.8) is 0 Å². The minimum atomic E-state index is -0.602. The van der Waals surface area contributed by atoms with E-state index in [2.05, 4.69) is 13.3 Å². The standard InChI is InChI=1S/C14H19.2C7H12O2.ClH.Ti/c1-10-11-6-2-4-8-13(11)14-9-5-3-7-12(10)14;2*8-7(9)6-4-2-1-3-5-6;;/h6,10H,2-5,7-9H2,1H3;2*6H,1-5H2,(H,8,9);1H;/q-1;;;;/p-1. The Labute approximate surface area is 227 Å². The number of carbonyl (C=O) groups is 2. The van der Waals surface area contributed by atoms with Gasteiger partial charge in [-0.3, -0.25) is 9.59 Å². The SMILES string of the molecule is CC1C2=C(CCC[CH-]2)C2=C1CCCC2.O=C(O)C1CCCCC1.O=C(O)C1CCCCC1.[Cl-].[Ti]. The molecule has 5 rings (SSSR count). The maximum atomic E-state index is 10.4. The Balaban J connectivity index is 0.000000258. The van der Waals surface area contributed by atoms with E-state index < -0.39 is 11.9 Å². The number of hydrogen-bond acceptors (Lipinski definition) is 2. The molecule has 0 aliphatic heterocycles. The summed E-state index contributed by atoms with van der Waals surface area (Å²) in [6.45, 7) is 2.42. The average molecular weight is 527 g/mol. The molecule has 0 saturated heterocycles. The fourth-order valence-corrected chi connectivity index (χ4v) is 6.21. The van der Waals surface area contributed by atoms with Gasteiger partial charge in [0.2, 0.25) is 0 Å². The van der Waals surface area contributed by atoms with Crippen LogP contribution in [0.4, 0.5) is 0 Å². The molecule has 0 bridgehead atoms. The number of carboxylic acid groups (broad SMARTS) is 2. The number of halogens is 1. The van der Waals surface area contributed by atoms with Gasteiger partial charge in [-0.05, 0) is 50.9 Å². The van der Waals surface area contributed by atoms with Crippen molar-refractivity contribution >= 4 is 11.9 Å². The zero-order valence-electron chi connectivity index (χ0n) is 20.9. The predicted molar refractivity (Wildman–Crippen MR) is 128 cm³/mol. The first-order chi connectivity index (χ1) is 15.5. The molecule has 0 radical (unpaired) electrons. The second-order valence-corrected chi connectivity index (χ2v) is 10.3. The quantitative estimate of drug-likeness (QED) is 0.410. The van der Waals surface area contributed by atoms with Crippen LogP contribution in [0.15, 0.2) is 22.3 Å². The van der Waals surface area contributed by atoms with E-state index in [4.69, 9.17) is 10.2 Å². The summed E-state index contributed by atoms with van der Waals surface area (Å²) in [7, 11) is 0. The molecular weight excluding hydrogens is 484 g/mol. The third-order valence-corrected chi connectivity index (χ3v) is 8.12. The number of rotatable bonds is 2. The van der Waals surface area contributed by atoms with Gasteiger partial charge in [-0.15, -0.1) is 12.0 Å². The Kier molecular flexibility index (Phi) is 14.9. The third-order valence-electron chi connectivity index (χ3n) is 8.12. The van der Waals surface area contributed by atoms with Crippen LogP contribution >= 0.6 is 0 Å². The third kappa shape index (κ3) is 8.75. The summed E-state index contributed by atoms with van der Waals surface area (Å²) in [5.41, 5.74) is 7.07. The number of aliphatic carboxylic acids is 2. The topological polar surface area (TPSA) is 74.6 Å². The largest absolute Gasteiger partial charge is 1.00 e. The van der Waals surface area contributed by atoms with Crippen LogP contribution in [0.25, 0.3) is 0 Å². The van der Waals surface area contributed by atoms with Gasteiger partial charge >= 0.3 is 11.9 Å². The number of hydrogen-bond donors (Lipinski definition) is 2. The molecule has 0 aromatic carbocycles. The molecule has 1 unspecified atom stereocenters. The molecule has 0 aromatic rings. The molecule has 1 atom stereocenters. The molecule has 4 nitrogen and oxygen atoms in total. The van der Waals surface area contributed by atoms with Crippen molar-refractivity contribution in [2.75, 3.05) is 0 Å². The first kappa shape index (κ1) is 31.3. The maximum Gasteiger partial charge on any atom is 0.306 e. The van der Waals surface area contributed by atoms with Gasteiger partial charge in [0.1, 0.15) is 0 Å². The van der Waals surface area contributed by atoms with Crippen molar-refractivity contribution in [3.8, 4) is 0 Å². The Hall–Kier alpha value is -0.706. The van der Waals surface area contributed by atoms with Gasteiger partial charge in [0.05, 0.1) is 11.8 Å². The molecule has 0 amide bonds. The molecular formula is C28H43ClO4Ti-2. The molecule has 6 heteroatoms. The van der Waals surface area contributed by atoms with Crippen LogP contribution < -0.4 is 12.4 Å². The summed E-state index contributed by atoms with van der Waals surface area (Å²) in [5.74, 6) is -0.484. The van der Waals surface area contributed by atoms with Gasteiger partial charge in [0.25, 0.3) is 0 Å². The van der Waals surface area contributed by atoms with E-state index >= 15 is 0 Å². The van der Waals surface area contributed by atoms with Crippen LogP contribution in [-0.2, 0) is 31.3 Å². The molecule has 0 spiro atoms. The minimum Gasteiger partial charge on any atom is -1.00 e. The van der Waals surface area contributed by atoms with E-state index in [1.165, 1.54) is 57.8 Å². The Bertz CT molecular complexity index is 658. The van der Waals surface area contributed by atoms with E-state index in [9.17, 15) is 9.59 Å². The van der Waals surface area contributed by atoms with Gasteiger partial charge < -0.3 is 22.6 Å². The van der Waals surface area contributed by atoms with Gasteiger partial charge in [-0.1, -0.05) is 70.3 Å². The molecule has 5 aliphatic rings. The summed E-state index contributed by atoms with van der Waals surface area (Å²) in [6.07, 6.45) is 22.7. The number of fused-ring (bicyclic) bond motifs is 1. The Morgan fingerprint density at radius 1 is 0.706 bits per heavy atom. The van der Waals surface area contributed by atoms with Crippen molar-refractivity contribution < 1.29 is 53.9 Å². The average Bonchev–Trinajstić information content (AvgIpc) is 3.13. The Morgan fingerprint density at radius 2 is 1.18 bits per heavy atom. The van der Waals surface area contributed by atoms with Gasteiger partial charge in [-0.2, -0.15) is 5.57 Å². The van der Waals surface area contributed by atoms with Gasteiger partial charge in [0, 0.05) is 21.7 Å². The summed E-state index contributed by atoms with van der Waals surface area (Å²) < 4.78 is 0. The predicted octanol–water partition coefficient (Wildman–Crippen LogP) is 4.50. The van der Waals surface area contributed by atoms with Gasteiger partial charge in [0.15, 0.2) is 0 Å². The van der Waals surface area contributed by atoms with Crippen molar-refractivity contribution in [2.45, 2.75) is 116 Å². The second kappa shape index (κ2) is 16.1. The zero-order valence-corrected chi connectivity index (χ0v) is 23.2. The number of carboxylic acids is 2.